The molecule has 4 aliphatic carbocycles. The number of carbonyl (C=O) groups excluding carboxylic acids is 1. The maximum atomic E-state index is 12.4. The summed E-state index contributed by atoms with van der Waals surface area (Å²) in [6.45, 7) is 2.07. The highest BCUT2D eigenvalue weighted by atomic mass is 16.3. The van der Waals surface area contributed by atoms with E-state index in [1.54, 1.807) is 12.1 Å². The minimum atomic E-state index is 0.00989. The average Bonchev–Trinajstić information content (AvgIpc) is 2.57. The molecule has 4 saturated carbocycles. The van der Waals surface area contributed by atoms with Gasteiger partial charge >= 0.3 is 6.03 Å². The molecule has 0 aromatic heterocycles. The molecule has 0 radical (unpaired) electrons. The van der Waals surface area contributed by atoms with Gasteiger partial charge in [0.05, 0.1) is 0 Å². The fourth-order valence-corrected chi connectivity index (χ4v) is 5.70. The van der Waals surface area contributed by atoms with Crippen LogP contribution in [0.15, 0.2) is 24.3 Å². The zero-order valence-electron chi connectivity index (χ0n) is 15.1. The summed E-state index contributed by atoms with van der Waals surface area (Å²) in [5, 5.41) is 15.8. The summed E-state index contributed by atoms with van der Waals surface area (Å²) >= 11 is 0. The molecule has 4 fully saturated rings. The lowest BCUT2D eigenvalue weighted by atomic mass is 9.54. The molecule has 4 bridgehead atoms. The number of phenols is 1. The maximum Gasteiger partial charge on any atom is 0.315 e. The standard InChI is InChI=1S/C21H30N2O2/c1-13(2-3-14-4-6-19(24)7-5-14)22-21(25)23-20-17-9-15-8-16(11-17)12-18(20)10-15/h4-7,13,15-18,20,24H,2-3,8-12H2,1H3,(H2,22,23,25). The van der Waals surface area contributed by atoms with Gasteiger partial charge in [0.25, 0.3) is 0 Å². The second-order valence-electron chi connectivity index (χ2n) is 8.68. The van der Waals surface area contributed by atoms with Crippen molar-refractivity contribution in [3.05, 3.63) is 29.8 Å². The Labute approximate surface area is 150 Å². The van der Waals surface area contributed by atoms with Gasteiger partial charge in [-0.1, -0.05) is 12.1 Å². The molecule has 4 heteroatoms. The van der Waals surface area contributed by atoms with Crippen LogP contribution in [0, 0.1) is 23.7 Å². The van der Waals surface area contributed by atoms with E-state index in [9.17, 15) is 9.90 Å². The largest absolute Gasteiger partial charge is 0.508 e. The normalized spacial score (nSPS) is 33.9. The molecule has 1 atom stereocenters. The van der Waals surface area contributed by atoms with Crippen LogP contribution in [0.2, 0.25) is 0 Å². The molecule has 1 unspecified atom stereocenters. The van der Waals surface area contributed by atoms with Crippen LogP contribution in [0.25, 0.3) is 0 Å². The summed E-state index contributed by atoms with van der Waals surface area (Å²) in [4.78, 5) is 12.4. The van der Waals surface area contributed by atoms with Crippen molar-refractivity contribution < 1.29 is 9.90 Å². The van der Waals surface area contributed by atoms with Gasteiger partial charge in [-0.15, -0.1) is 0 Å². The van der Waals surface area contributed by atoms with E-state index in [4.69, 9.17) is 0 Å². The fourth-order valence-electron chi connectivity index (χ4n) is 5.70. The maximum absolute atomic E-state index is 12.4. The Balaban J connectivity index is 1.24. The third kappa shape index (κ3) is 3.78. The van der Waals surface area contributed by atoms with Gasteiger partial charge in [-0.25, -0.2) is 4.79 Å². The third-order valence-electron chi connectivity index (χ3n) is 6.70. The second-order valence-corrected chi connectivity index (χ2v) is 8.68. The molecule has 0 aliphatic heterocycles. The van der Waals surface area contributed by atoms with Gasteiger partial charge in [0.1, 0.15) is 5.75 Å². The average molecular weight is 342 g/mol. The van der Waals surface area contributed by atoms with E-state index in [1.165, 1.54) is 37.7 Å². The lowest BCUT2D eigenvalue weighted by Gasteiger charge is -2.54. The van der Waals surface area contributed by atoms with E-state index < -0.39 is 0 Å². The molecule has 3 N–H and O–H groups in total. The van der Waals surface area contributed by atoms with Gasteiger partial charge in [-0.05, 0) is 93.2 Å². The van der Waals surface area contributed by atoms with Crippen LogP contribution in [0.4, 0.5) is 4.79 Å². The van der Waals surface area contributed by atoms with Crippen molar-refractivity contribution in [2.24, 2.45) is 23.7 Å². The minimum absolute atomic E-state index is 0.00989. The zero-order chi connectivity index (χ0) is 17.4. The molecule has 25 heavy (non-hydrogen) atoms. The second kappa shape index (κ2) is 6.89. The Hall–Kier alpha value is -1.71. The predicted octanol–water partition coefficient (Wildman–Crippen LogP) is 3.84. The van der Waals surface area contributed by atoms with Crippen LogP contribution < -0.4 is 10.6 Å². The number of benzene rings is 1. The van der Waals surface area contributed by atoms with Crippen LogP contribution in [0.3, 0.4) is 0 Å². The van der Waals surface area contributed by atoms with Crippen molar-refractivity contribution in [2.45, 2.75) is 64.0 Å². The highest BCUT2D eigenvalue weighted by Crippen LogP contribution is 2.53. The van der Waals surface area contributed by atoms with Crippen LogP contribution in [-0.4, -0.2) is 23.2 Å². The van der Waals surface area contributed by atoms with Gasteiger partial charge < -0.3 is 15.7 Å². The number of phenolic OH excluding ortho intramolecular Hbond substituents is 1. The fraction of sp³-hybridized carbons (Fsp3) is 0.667. The predicted molar refractivity (Wildman–Crippen MR) is 98.4 cm³/mol. The van der Waals surface area contributed by atoms with E-state index in [0.29, 0.717) is 23.6 Å². The van der Waals surface area contributed by atoms with Crippen molar-refractivity contribution in [1.82, 2.24) is 10.6 Å². The van der Waals surface area contributed by atoms with Crippen molar-refractivity contribution in [2.75, 3.05) is 0 Å². The van der Waals surface area contributed by atoms with E-state index in [0.717, 1.165) is 24.7 Å². The lowest BCUT2D eigenvalue weighted by Crippen LogP contribution is -2.58. The zero-order valence-corrected chi connectivity index (χ0v) is 15.1. The summed E-state index contributed by atoms with van der Waals surface area (Å²) in [6, 6.07) is 7.87. The number of urea groups is 1. The molecule has 2 amide bonds. The molecule has 0 spiro atoms. The summed E-state index contributed by atoms with van der Waals surface area (Å²) in [7, 11) is 0. The Morgan fingerprint density at radius 2 is 1.68 bits per heavy atom. The summed E-state index contributed by atoms with van der Waals surface area (Å²) in [6.07, 6.45) is 8.56. The van der Waals surface area contributed by atoms with Crippen molar-refractivity contribution in [3.63, 3.8) is 0 Å². The Morgan fingerprint density at radius 1 is 1.08 bits per heavy atom. The molecular weight excluding hydrogens is 312 g/mol. The molecule has 0 heterocycles. The first-order valence-corrected chi connectivity index (χ1v) is 9.91. The monoisotopic (exact) mass is 342 g/mol. The summed E-state index contributed by atoms with van der Waals surface area (Å²) in [5.74, 6) is 3.61. The highest BCUT2D eigenvalue weighted by molar-refractivity contribution is 5.74. The van der Waals surface area contributed by atoms with Crippen LogP contribution in [0.1, 0.15) is 51.0 Å². The molecule has 4 aliphatic rings. The van der Waals surface area contributed by atoms with Crippen molar-refractivity contribution >= 4 is 6.03 Å². The molecule has 4 nitrogen and oxygen atoms in total. The number of rotatable bonds is 5. The Bertz CT molecular complexity index is 585. The van der Waals surface area contributed by atoms with E-state index >= 15 is 0 Å². The SMILES string of the molecule is CC(CCc1ccc(O)cc1)NC(=O)NC1C2CC3CC(C2)CC1C3. The summed E-state index contributed by atoms with van der Waals surface area (Å²) < 4.78 is 0. The topological polar surface area (TPSA) is 61.4 Å². The molecule has 0 saturated heterocycles. The molecule has 1 aromatic rings. The van der Waals surface area contributed by atoms with Crippen LogP contribution >= 0.6 is 0 Å². The first-order chi connectivity index (χ1) is 12.1. The molecule has 5 rings (SSSR count). The van der Waals surface area contributed by atoms with Gasteiger partial charge in [-0.2, -0.15) is 0 Å². The third-order valence-corrected chi connectivity index (χ3v) is 6.70. The lowest BCUT2D eigenvalue weighted by molar-refractivity contribution is -0.00951. The Kier molecular flexibility index (Phi) is 4.61. The van der Waals surface area contributed by atoms with Crippen molar-refractivity contribution in [3.8, 4) is 5.75 Å². The molecular formula is C21H30N2O2. The molecule has 1 aromatic carbocycles. The van der Waals surface area contributed by atoms with Gasteiger partial charge in [0, 0.05) is 12.1 Å². The Morgan fingerprint density at radius 3 is 2.28 bits per heavy atom. The van der Waals surface area contributed by atoms with Gasteiger partial charge in [0.2, 0.25) is 0 Å². The highest BCUT2D eigenvalue weighted by Gasteiger charge is 2.48. The quantitative estimate of drug-likeness (QED) is 0.761. The van der Waals surface area contributed by atoms with E-state index in [-0.39, 0.29) is 12.1 Å². The van der Waals surface area contributed by atoms with Gasteiger partial charge in [-0.3, -0.25) is 0 Å². The number of nitrogens with one attached hydrogen (secondary N) is 2. The minimum Gasteiger partial charge on any atom is -0.508 e. The number of aryl methyl sites for hydroxylation is 1. The van der Waals surface area contributed by atoms with Crippen molar-refractivity contribution in [1.29, 1.82) is 0 Å². The number of hydrogen-bond donors (Lipinski definition) is 3. The first-order valence-electron chi connectivity index (χ1n) is 9.91. The summed E-state index contributed by atoms with van der Waals surface area (Å²) in [5.41, 5.74) is 1.19. The van der Waals surface area contributed by atoms with Gasteiger partial charge in [0.15, 0.2) is 0 Å². The smallest absolute Gasteiger partial charge is 0.315 e. The van der Waals surface area contributed by atoms with Crippen LogP contribution in [-0.2, 0) is 6.42 Å². The van der Waals surface area contributed by atoms with E-state index in [2.05, 4.69) is 17.6 Å². The number of hydrogen-bond acceptors (Lipinski definition) is 2. The van der Waals surface area contributed by atoms with E-state index in [1.807, 2.05) is 12.1 Å². The molecule has 136 valence electrons. The number of aromatic hydroxyl groups is 1. The first kappa shape index (κ1) is 16.7. The number of carbonyl (C=O) groups is 1. The van der Waals surface area contributed by atoms with Crippen LogP contribution in [0.5, 0.6) is 5.75 Å². The number of amides is 2.